The van der Waals surface area contributed by atoms with Crippen LogP contribution in [0.5, 0.6) is 0 Å². The molecule has 3 nitrogen and oxygen atoms in total. The maximum atomic E-state index is 5.88. The summed E-state index contributed by atoms with van der Waals surface area (Å²) in [7, 11) is 0. The van der Waals surface area contributed by atoms with Crippen molar-refractivity contribution in [1.82, 2.24) is 15.1 Å². The lowest BCUT2D eigenvalue weighted by Gasteiger charge is -2.13. The smallest absolute Gasteiger partial charge is 0.0534 e. The van der Waals surface area contributed by atoms with E-state index in [-0.39, 0.29) is 0 Å². The van der Waals surface area contributed by atoms with Crippen molar-refractivity contribution in [2.75, 3.05) is 0 Å². The number of benzene rings is 1. The van der Waals surface area contributed by atoms with E-state index in [1.165, 1.54) is 11.1 Å². The van der Waals surface area contributed by atoms with Crippen LogP contribution in [-0.2, 0) is 13.1 Å². The van der Waals surface area contributed by atoms with Crippen LogP contribution >= 0.6 is 11.6 Å². The molecule has 0 saturated heterocycles. The Morgan fingerprint density at radius 3 is 2.67 bits per heavy atom. The molecule has 1 heterocycles. The van der Waals surface area contributed by atoms with Gasteiger partial charge in [0.05, 0.1) is 6.20 Å². The fourth-order valence-electron chi connectivity index (χ4n) is 1.81. The topological polar surface area (TPSA) is 29.9 Å². The molecule has 0 aliphatic carbocycles. The third-order valence-corrected chi connectivity index (χ3v) is 3.25. The Labute approximate surface area is 113 Å². The van der Waals surface area contributed by atoms with Crippen molar-refractivity contribution in [3.63, 3.8) is 0 Å². The lowest BCUT2D eigenvalue weighted by molar-refractivity contribution is 0.574. The molecule has 0 spiro atoms. The highest BCUT2D eigenvalue weighted by molar-refractivity contribution is 6.30. The molecule has 0 aliphatic rings. The van der Waals surface area contributed by atoms with E-state index in [0.717, 1.165) is 18.1 Å². The van der Waals surface area contributed by atoms with Crippen LogP contribution in [0.3, 0.4) is 0 Å². The second-order valence-electron chi connectivity index (χ2n) is 4.36. The van der Waals surface area contributed by atoms with Gasteiger partial charge in [-0.15, -0.1) is 0 Å². The van der Waals surface area contributed by atoms with E-state index in [4.69, 9.17) is 11.6 Å². The van der Waals surface area contributed by atoms with Crippen molar-refractivity contribution in [3.05, 3.63) is 52.8 Å². The van der Waals surface area contributed by atoms with E-state index >= 15 is 0 Å². The maximum Gasteiger partial charge on any atom is 0.0534 e. The van der Waals surface area contributed by atoms with E-state index in [1.54, 1.807) is 0 Å². The van der Waals surface area contributed by atoms with Gasteiger partial charge in [0.25, 0.3) is 0 Å². The monoisotopic (exact) mass is 263 g/mol. The van der Waals surface area contributed by atoms with Gasteiger partial charge in [-0.2, -0.15) is 5.10 Å². The van der Waals surface area contributed by atoms with Gasteiger partial charge < -0.3 is 5.32 Å². The number of hydrogen-bond donors (Lipinski definition) is 1. The normalized spacial score (nSPS) is 12.6. The molecule has 0 aliphatic heterocycles. The highest BCUT2D eigenvalue weighted by Crippen LogP contribution is 2.16. The summed E-state index contributed by atoms with van der Waals surface area (Å²) in [5.74, 6) is 0. The zero-order valence-corrected chi connectivity index (χ0v) is 11.5. The standard InChI is InChI=1S/C14H18ClN3/c1-3-18-10-12(9-17-18)8-16-11(2)13-4-6-14(15)7-5-13/h4-7,9-11,16H,3,8H2,1-2H3/t11-/m1/s1. The molecule has 4 heteroatoms. The molecule has 2 aromatic rings. The predicted molar refractivity (Wildman–Crippen MR) is 74.6 cm³/mol. The fourth-order valence-corrected chi connectivity index (χ4v) is 1.94. The Morgan fingerprint density at radius 1 is 1.33 bits per heavy atom. The molecule has 0 fully saturated rings. The molecule has 0 amide bonds. The predicted octanol–water partition coefficient (Wildman–Crippen LogP) is 3.41. The Kier molecular flexibility index (Phi) is 4.39. The van der Waals surface area contributed by atoms with Crippen molar-refractivity contribution in [3.8, 4) is 0 Å². The number of aromatic nitrogens is 2. The summed E-state index contributed by atoms with van der Waals surface area (Å²) in [6.07, 6.45) is 3.98. The lowest BCUT2D eigenvalue weighted by atomic mass is 10.1. The Hall–Kier alpha value is -1.32. The first-order valence-electron chi connectivity index (χ1n) is 6.19. The first kappa shape index (κ1) is 13.1. The Morgan fingerprint density at radius 2 is 2.06 bits per heavy atom. The molecule has 1 N–H and O–H groups in total. The summed E-state index contributed by atoms with van der Waals surface area (Å²) in [6, 6.07) is 8.24. The molecule has 0 saturated carbocycles. The zero-order valence-electron chi connectivity index (χ0n) is 10.7. The van der Waals surface area contributed by atoms with Crippen LogP contribution in [0.4, 0.5) is 0 Å². The summed E-state index contributed by atoms with van der Waals surface area (Å²) in [6.45, 7) is 5.96. The molecule has 1 aromatic heterocycles. The highest BCUT2D eigenvalue weighted by Gasteiger charge is 2.05. The average molecular weight is 264 g/mol. The Balaban J connectivity index is 1.91. The van der Waals surface area contributed by atoms with Crippen LogP contribution in [0.15, 0.2) is 36.7 Å². The SMILES string of the molecule is CCn1cc(CN[C@H](C)c2ccc(Cl)cc2)cn1. The van der Waals surface area contributed by atoms with Gasteiger partial charge in [0, 0.05) is 35.9 Å². The third kappa shape index (κ3) is 3.34. The van der Waals surface area contributed by atoms with Gasteiger partial charge in [-0.05, 0) is 31.5 Å². The van der Waals surface area contributed by atoms with Gasteiger partial charge >= 0.3 is 0 Å². The largest absolute Gasteiger partial charge is 0.306 e. The summed E-state index contributed by atoms with van der Waals surface area (Å²) in [5, 5.41) is 8.51. The first-order valence-corrected chi connectivity index (χ1v) is 6.57. The quantitative estimate of drug-likeness (QED) is 0.896. The van der Waals surface area contributed by atoms with Gasteiger partial charge in [-0.1, -0.05) is 23.7 Å². The second-order valence-corrected chi connectivity index (χ2v) is 4.79. The molecule has 0 unspecified atom stereocenters. The minimum Gasteiger partial charge on any atom is -0.306 e. The number of hydrogen-bond acceptors (Lipinski definition) is 2. The summed E-state index contributed by atoms with van der Waals surface area (Å²) < 4.78 is 1.93. The average Bonchev–Trinajstić information content (AvgIpc) is 2.85. The summed E-state index contributed by atoms with van der Waals surface area (Å²) >= 11 is 5.88. The number of nitrogens with zero attached hydrogens (tertiary/aromatic N) is 2. The van der Waals surface area contributed by atoms with Crippen LogP contribution < -0.4 is 5.32 Å². The van der Waals surface area contributed by atoms with E-state index < -0.39 is 0 Å². The second kappa shape index (κ2) is 6.03. The number of nitrogens with one attached hydrogen (secondary N) is 1. The maximum absolute atomic E-state index is 5.88. The van der Waals surface area contributed by atoms with Crippen molar-refractivity contribution >= 4 is 11.6 Å². The van der Waals surface area contributed by atoms with Crippen molar-refractivity contribution in [2.45, 2.75) is 33.0 Å². The van der Waals surface area contributed by atoms with Crippen LogP contribution in [0.1, 0.15) is 31.0 Å². The van der Waals surface area contributed by atoms with Crippen LogP contribution in [0.25, 0.3) is 0 Å². The highest BCUT2D eigenvalue weighted by atomic mass is 35.5. The van der Waals surface area contributed by atoms with Gasteiger partial charge in [-0.25, -0.2) is 0 Å². The summed E-state index contributed by atoms with van der Waals surface area (Å²) in [5.41, 5.74) is 2.44. The van der Waals surface area contributed by atoms with Crippen LogP contribution in [0, 0.1) is 0 Å². The minimum atomic E-state index is 0.298. The van der Waals surface area contributed by atoms with Crippen molar-refractivity contribution in [1.29, 1.82) is 0 Å². The Bertz CT molecular complexity index is 490. The number of aryl methyl sites for hydroxylation is 1. The fraction of sp³-hybridized carbons (Fsp3) is 0.357. The van der Waals surface area contributed by atoms with Gasteiger partial charge in [0.15, 0.2) is 0 Å². The van der Waals surface area contributed by atoms with E-state index in [2.05, 4.69) is 42.6 Å². The van der Waals surface area contributed by atoms with Crippen LogP contribution in [-0.4, -0.2) is 9.78 Å². The van der Waals surface area contributed by atoms with Crippen LogP contribution in [0.2, 0.25) is 5.02 Å². The van der Waals surface area contributed by atoms with Gasteiger partial charge in [0.1, 0.15) is 0 Å². The molecule has 18 heavy (non-hydrogen) atoms. The van der Waals surface area contributed by atoms with E-state index in [9.17, 15) is 0 Å². The number of halogens is 1. The molecule has 2 rings (SSSR count). The first-order chi connectivity index (χ1) is 8.69. The molecule has 0 radical (unpaired) electrons. The zero-order chi connectivity index (χ0) is 13.0. The molecule has 1 atom stereocenters. The lowest BCUT2D eigenvalue weighted by Crippen LogP contribution is -2.17. The van der Waals surface area contributed by atoms with E-state index in [1.807, 2.05) is 23.0 Å². The third-order valence-electron chi connectivity index (χ3n) is 2.99. The summed E-state index contributed by atoms with van der Waals surface area (Å²) in [4.78, 5) is 0. The van der Waals surface area contributed by atoms with Crippen molar-refractivity contribution in [2.24, 2.45) is 0 Å². The number of rotatable bonds is 5. The molecular weight excluding hydrogens is 246 g/mol. The van der Waals surface area contributed by atoms with E-state index in [0.29, 0.717) is 6.04 Å². The molecule has 1 aromatic carbocycles. The molecule has 96 valence electrons. The molecule has 0 bridgehead atoms. The van der Waals surface area contributed by atoms with Crippen molar-refractivity contribution < 1.29 is 0 Å². The molecular formula is C14H18ClN3. The van der Waals surface area contributed by atoms with Gasteiger partial charge in [0.2, 0.25) is 0 Å². The van der Waals surface area contributed by atoms with Gasteiger partial charge in [-0.3, -0.25) is 4.68 Å². The minimum absolute atomic E-state index is 0.298.